The van der Waals surface area contributed by atoms with Gasteiger partial charge in [0, 0.05) is 32.6 Å². The molecule has 0 atom stereocenters. The zero-order valence-corrected chi connectivity index (χ0v) is 36.1. The Hall–Kier alpha value is -4.55. The highest BCUT2D eigenvalue weighted by Crippen LogP contribution is 2.45. The molecule has 0 aliphatic heterocycles. The third-order valence-corrected chi connectivity index (χ3v) is 15.3. The second kappa shape index (κ2) is 18.4. The number of halogens is 5. The van der Waals surface area contributed by atoms with Crippen molar-refractivity contribution < 1.29 is 22.0 Å². The predicted molar refractivity (Wildman–Crippen MR) is 240 cm³/mol. The van der Waals surface area contributed by atoms with Crippen LogP contribution in [-0.2, 0) is 13.1 Å². The lowest BCUT2D eigenvalue weighted by Crippen LogP contribution is -2.03. The molecule has 8 rings (SSSR count). The zero-order valence-electron chi connectivity index (χ0n) is 32.8. The first-order chi connectivity index (χ1) is 28.8. The minimum Gasteiger partial charge on any atom is -0.339 e. The van der Waals surface area contributed by atoms with Crippen molar-refractivity contribution in [2.45, 2.75) is 78.3 Å². The number of rotatable bonds is 17. The summed E-state index contributed by atoms with van der Waals surface area (Å²) in [4.78, 5) is 7.84. The first kappa shape index (κ1) is 41.2. The second-order valence-electron chi connectivity index (χ2n) is 14.6. The van der Waals surface area contributed by atoms with Gasteiger partial charge in [-0.25, -0.2) is 22.0 Å². The van der Waals surface area contributed by atoms with E-state index in [1.54, 1.807) is 28.7 Å². The SMILES string of the molecule is CCCCCCn1c(-c2ccc(-c3ccccc3)s2)ccc1-c1ccc(-c2ccc(-c3ccc(-c4ccc(-c5c(F)c(F)c(F)c(F)c5F)s4)n3CCCCCC)s2)s1. The van der Waals surface area contributed by atoms with Gasteiger partial charge in [-0.3, -0.25) is 0 Å². The van der Waals surface area contributed by atoms with E-state index in [4.69, 9.17) is 0 Å². The van der Waals surface area contributed by atoms with E-state index in [1.807, 2.05) is 23.5 Å². The summed E-state index contributed by atoms with van der Waals surface area (Å²) in [6, 6.07) is 35.5. The fourth-order valence-corrected chi connectivity index (χ4v) is 11.8. The molecular formula is C48H43F5N2S4. The zero-order chi connectivity index (χ0) is 41.0. The fourth-order valence-electron chi connectivity index (χ4n) is 7.55. The number of unbranched alkanes of at least 4 members (excludes halogenated alkanes) is 6. The molecule has 8 aromatic rings. The predicted octanol–water partition coefficient (Wildman–Crippen LogP) is 17.1. The molecular weight excluding hydrogens is 828 g/mol. The third-order valence-electron chi connectivity index (χ3n) is 10.6. The van der Waals surface area contributed by atoms with E-state index in [0.29, 0.717) is 4.88 Å². The van der Waals surface area contributed by atoms with Crippen molar-refractivity contribution in [1.29, 1.82) is 0 Å². The van der Waals surface area contributed by atoms with E-state index in [2.05, 4.69) is 102 Å². The Bertz CT molecular complexity index is 2640. The summed E-state index contributed by atoms with van der Waals surface area (Å²) in [5, 5.41) is 0. The molecule has 59 heavy (non-hydrogen) atoms. The van der Waals surface area contributed by atoms with Crippen molar-refractivity contribution in [3.8, 4) is 72.9 Å². The molecule has 0 N–H and O–H groups in total. The molecule has 0 spiro atoms. The van der Waals surface area contributed by atoms with Gasteiger partial charge in [0.15, 0.2) is 23.3 Å². The van der Waals surface area contributed by atoms with E-state index in [-0.39, 0.29) is 4.88 Å². The smallest absolute Gasteiger partial charge is 0.200 e. The summed E-state index contributed by atoms with van der Waals surface area (Å²) in [6.45, 7) is 6.08. The summed E-state index contributed by atoms with van der Waals surface area (Å²) < 4.78 is 76.4. The Balaban J connectivity index is 1.09. The summed E-state index contributed by atoms with van der Waals surface area (Å²) in [5.41, 5.74) is 4.66. The van der Waals surface area contributed by atoms with Crippen LogP contribution in [0.1, 0.15) is 65.2 Å². The summed E-state index contributed by atoms with van der Waals surface area (Å²) >= 11 is 6.37. The standard InChI is InChI=1S/C48H43F5N2S4/c1-3-5-7-12-28-54-31(36-21-20-35(56-36)30-14-10-9-11-15-30)16-17-32(54)37-22-25-40(57-37)41-26-23-38(58-41)33-18-19-34(55(33)29-13-8-6-4-2)39-24-27-42(59-39)43-44(49)46(51)48(53)47(52)45(43)50/h9-11,14-27H,3-8,12-13,28-29H2,1-2H3. The average molecular weight is 871 g/mol. The van der Waals surface area contributed by atoms with E-state index in [0.717, 1.165) is 77.7 Å². The van der Waals surface area contributed by atoms with Crippen LogP contribution in [0.4, 0.5) is 22.0 Å². The van der Waals surface area contributed by atoms with Gasteiger partial charge in [-0.05, 0) is 91.2 Å². The molecule has 0 aliphatic carbocycles. The van der Waals surface area contributed by atoms with Gasteiger partial charge in [-0.2, -0.15) is 0 Å². The van der Waals surface area contributed by atoms with Gasteiger partial charge in [-0.1, -0.05) is 82.7 Å². The van der Waals surface area contributed by atoms with Gasteiger partial charge in [0.2, 0.25) is 5.82 Å². The highest BCUT2D eigenvalue weighted by atomic mass is 32.1. The molecule has 6 heterocycles. The second-order valence-corrected chi connectivity index (χ2v) is 18.9. The number of thiophene rings is 4. The molecule has 11 heteroatoms. The van der Waals surface area contributed by atoms with Crippen LogP contribution < -0.4 is 0 Å². The molecule has 0 saturated heterocycles. The molecule has 2 nitrogen and oxygen atoms in total. The van der Waals surface area contributed by atoms with Crippen molar-refractivity contribution in [3.05, 3.63) is 132 Å². The minimum atomic E-state index is -2.16. The molecule has 0 unspecified atom stereocenters. The molecule has 6 aromatic heterocycles. The first-order valence-electron chi connectivity index (χ1n) is 20.1. The molecule has 304 valence electrons. The van der Waals surface area contributed by atoms with Crippen LogP contribution in [0.25, 0.3) is 72.9 Å². The topological polar surface area (TPSA) is 9.86 Å². The molecule has 0 radical (unpaired) electrons. The number of nitrogens with zero attached hydrogens (tertiary/aromatic N) is 2. The average Bonchev–Trinajstić information content (AvgIpc) is 4.11. The summed E-state index contributed by atoms with van der Waals surface area (Å²) in [5.74, 6) is -9.70. The molecule has 0 aliphatic rings. The van der Waals surface area contributed by atoms with Crippen LogP contribution in [0.3, 0.4) is 0 Å². The Labute approximate surface area is 357 Å². The lowest BCUT2D eigenvalue weighted by Gasteiger charge is -2.12. The van der Waals surface area contributed by atoms with Gasteiger partial charge in [0.05, 0.1) is 47.8 Å². The highest BCUT2D eigenvalue weighted by molar-refractivity contribution is 7.25. The van der Waals surface area contributed by atoms with Crippen LogP contribution >= 0.6 is 45.3 Å². The highest BCUT2D eigenvalue weighted by Gasteiger charge is 2.28. The fraction of sp³-hybridized carbons (Fsp3) is 0.250. The molecule has 0 fully saturated rings. The van der Waals surface area contributed by atoms with E-state index in [1.165, 1.54) is 61.8 Å². The van der Waals surface area contributed by atoms with Crippen LogP contribution in [0.5, 0.6) is 0 Å². The Morgan fingerprint density at radius 2 is 0.712 bits per heavy atom. The van der Waals surface area contributed by atoms with Gasteiger partial charge in [-0.15, -0.1) is 45.3 Å². The number of aromatic nitrogens is 2. The largest absolute Gasteiger partial charge is 0.339 e. The van der Waals surface area contributed by atoms with Crippen molar-refractivity contribution in [3.63, 3.8) is 0 Å². The molecule has 0 amide bonds. The Morgan fingerprint density at radius 1 is 0.356 bits per heavy atom. The third kappa shape index (κ3) is 8.44. The number of hydrogen-bond acceptors (Lipinski definition) is 4. The van der Waals surface area contributed by atoms with E-state index < -0.39 is 34.6 Å². The van der Waals surface area contributed by atoms with Crippen molar-refractivity contribution >= 4 is 45.3 Å². The van der Waals surface area contributed by atoms with Crippen molar-refractivity contribution in [2.75, 3.05) is 0 Å². The monoisotopic (exact) mass is 870 g/mol. The molecule has 2 aromatic carbocycles. The van der Waals surface area contributed by atoms with Crippen LogP contribution in [-0.4, -0.2) is 9.13 Å². The van der Waals surface area contributed by atoms with Crippen LogP contribution in [0.15, 0.2) is 103 Å². The normalized spacial score (nSPS) is 11.6. The lowest BCUT2D eigenvalue weighted by atomic mass is 10.1. The van der Waals surface area contributed by atoms with Crippen molar-refractivity contribution in [2.24, 2.45) is 0 Å². The lowest BCUT2D eigenvalue weighted by molar-refractivity contribution is 0.381. The maximum absolute atomic E-state index is 14.8. The Morgan fingerprint density at radius 3 is 1.15 bits per heavy atom. The van der Waals surface area contributed by atoms with Gasteiger partial charge < -0.3 is 9.13 Å². The van der Waals surface area contributed by atoms with Crippen LogP contribution in [0.2, 0.25) is 0 Å². The van der Waals surface area contributed by atoms with Crippen LogP contribution in [0, 0.1) is 29.1 Å². The van der Waals surface area contributed by atoms with Gasteiger partial charge >= 0.3 is 0 Å². The maximum atomic E-state index is 14.8. The quantitative estimate of drug-likeness (QED) is 0.0373. The van der Waals surface area contributed by atoms with E-state index >= 15 is 0 Å². The number of hydrogen-bond donors (Lipinski definition) is 0. The van der Waals surface area contributed by atoms with Gasteiger partial charge in [0.25, 0.3) is 0 Å². The minimum absolute atomic E-state index is 0.0217. The van der Waals surface area contributed by atoms with E-state index in [9.17, 15) is 22.0 Å². The maximum Gasteiger partial charge on any atom is 0.200 e. The first-order valence-corrected chi connectivity index (χ1v) is 23.4. The molecule has 0 saturated carbocycles. The Kier molecular flexibility index (Phi) is 12.8. The summed E-state index contributed by atoms with van der Waals surface area (Å²) in [7, 11) is 0. The molecule has 0 bridgehead atoms. The number of benzene rings is 2. The van der Waals surface area contributed by atoms with Gasteiger partial charge in [0.1, 0.15) is 0 Å². The summed E-state index contributed by atoms with van der Waals surface area (Å²) in [6.07, 6.45) is 8.91. The van der Waals surface area contributed by atoms with Crippen molar-refractivity contribution in [1.82, 2.24) is 9.13 Å².